The fraction of sp³-hybridized carbons (Fsp3) is 0.476. The highest BCUT2D eigenvalue weighted by atomic mass is 16.1. The summed E-state index contributed by atoms with van der Waals surface area (Å²) in [6, 6.07) is 7.21. The van der Waals surface area contributed by atoms with Gasteiger partial charge in [0.05, 0.1) is 0 Å². The second kappa shape index (κ2) is 5.55. The number of likely N-dealkylation sites (tertiary alicyclic amines) is 1. The number of hydrogen-bond acceptors (Lipinski definition) is 3. The first kappa shape index (κ1) is 15.4. The fourth-order valence-corrected chi connectivity index (χ4v) is 5.43. The molecule has 0 saturated carbocycles. The van der Waals surface area contributed by atoms with Gasteiger partial charge in [-0.15, -0.1) is 0 Å². The average molecular weight is 335 g/mol. The third-order valence-electron chi connectivity index (χ3n) is 6.70. The highest BCUT2D eigenvalue weighted by Gasteiger charge is 2.41. The van der Waals surface area contributed by atoms with Crippen LogP contribution in [0.4, 0.5) is 0 Å². The van der Waals surface area contributed by atoms with Crippen LogP contribution in [0.15, 0.2) is 36.0 Å². The van der Waals surface area contributed by atoms with Crippen molar-refractivity contribution in [2.45, 2.75) is 43.7 Å². The maximum absolute atomic E-state index is 11.6. The molecule has 0 radical (unpaired) electrons. The number of rotatable bonds is 2. The molecule has 1 aliphatic heterocycles. The van der Waals surface area contributed by atoms with Gasteiger partial charge in [-0.1, -0.05) is 12.1 Å². The number of carbonyl (C=O) groups excluding carboxylic acids is 1. The molecule has 25 heavy (non-hydrogen) atoms. The lowest BCUT2D eigenvalue weighted by Gasteiger charge is -2.47. The summed E-state index contributed by atoms with van der Waals surface area (Å²) in [6.07, 6.45) is 7.72. The quantitative estimate of drug-likeness (QED) is 0.887. The molecule has 1 saturated heterocycles. The van der Waals surface area contributed by atoms with Crippen molar-refractivity contribution in [3.63, 3.8) is 0 Å². The zero-order valence-corrected chi connectivity index (χ0v) is 14.7. The van der Waals surface area contributed by atoms with Crippen LogP contribution in [0.2, 0.25) is 0 Å². The smallest absolute Gasteiger partial charge is 0.156 e. The van der Waals surface area contributed by atoms with Crippen molar-refractivity contribution >= 4 is 16.7 Å². The molecular weight excluding hydrogens is 310 g/mol. The van der Waals surface area contributed by atoms with Crippen molar-refractivity contribution in [3.05, 3.63) is 47.2 Å². The van der Waals surface area contributed by atoms with Gasteiger partial charge in [-0.25, -0.2) is 0 Å². The van der Waals surface area contributed by atoms with Gasteiger partial charge >= 0.3 is 0 Å². The Hall–Kier alpha value is -1.91. The van der Waals surface area contributed by atoms with Crippen molar-refractivity contribution < 1.29 is 4.79 Å². The standard InChI is InChI=1S/C21H25N3O/c1-24-11-14(21(22)12-5-6-15(25)7-12)8-17-16-3-2-4-18-20(16)13(10-23-18)9-19(17)24/h2-4,7,10,14,17,19,21,23H,5-6,8-9,11,22H2,1H3/t14?,17-,19-,21?/m1/s1. The monoisotopic (exact) mass is 335 g/mol. The normalized spacial score (nSPS) is 30.4. The third-order valence-corrected chi connectivity index (χ3v) is 6.70. The maximum Gasteiger partial charge on any atom is 0.156 e. The number of H-pyrrole nitrogens is 1. The number of aromatic nitrogens is 1. The van der Waals surface area contributed by atoms with E-state index in [-0.39, 0.29) is 11.8 Å². The van der Waals surface area contributed by atoms with E-state index in [9.17, 15) is 4.79 Å². The maximum atomic E-state index is 11.6. The first-order valence-electron chi connectivity index (χ1n) is 9.40. The SMILES string of the molecule is CN1CC(C(N)C2=CC(=O)CC2)C[C@@H]2c3cccc4[nH]cc(c34)C[C@H]21. The van der Waals surface area contributed by atoms with Gasteiger partial charge in [-0.2, -0.15) is 0 Å². The van der Waals surface area contributed by atoms with E-state index in [1.54, 1.807) is 0 Å². The number of piperidine rings is 1. The molecular formula is C21H25N3O. The van der Waals surface area contributed by atoms with Gasteiger partial charge in [0.1, 0.15) is 0 Å². The number of nitrogens with one attached hydrogen (secondary N) is 1. The van der Waals surface area contributed by atoms with Crippen LogP contribution in [0, 0.1) is 5.92 Å². The first-order valence-corrected chi connectivity index (χ1v) is 9.40. The number of nitrogens with zero attached hydrogens (tertiary/aromatic N) is 1. The van der Waals surface area contributed by atoms with Crippen LogP contribution in [0.25, 0.3) is 10.9 Å². The Morgan fingerprint density at radius 1 is 1.32 bits per heavy atom. The molecule has 3 N–H and O–H groups in total. The second-order valence-corrected chi connectivity index (χ2v) is 8.11. The number of nitrogens with two attached hydrogens (primary N) is 1. The number of likely N-dealkylation sites (N-methyl/N-ethyl adjacent to an activating group) is 1. The zero-order chi connectivity index (χ0) is 17.1. The van der Waals surface area contributed by atoms with Crippen LogP contribution in [-0.4, -0.2) is 41.3 Å². The van der Waals surface area contributed by atoms with Crippen LogP contribution in [0.1, 0.15) is 36.3 Å². The lowest BCUT2D eigenvalue weighted by Crippen LogP contribution is -2.52. The van der Waals surface area contributed by atoms with Gasteiger partial charge in [0, 0.05) is 48.1 Å². The summed E-state index contributed by atoms with van der Waals surface area (Å²) in [5, 5.41) is 1.43. The highest BCUT2D eigenvalue weighted by molar-refractivity contribution is 5.93. The van der Waals surface area contributed by atoms with Gasteiger partial charge in [0.25, 0.3) is 0 Å². The number of aromatic amines is 1. The van der Waals surface area contributed by atoms with Gasteiger partial charge < -0.3 is 15.6 Å². The fourth-order valence-electron chi connectivity index (χ4n) is 5.43. The van der Waals surface area contributed by atoms with Gasteiger partial charge in [-0.05, 0) is 61.1 Å². The van der Waals surface area contributed by atoms with Crippen molar-refractivity contribution in [1.29, 1.82) is 0 Å². The topological polar surface area (TPSA) is 62.1 Å². The molecule has 0 spiro atoms. The van der Waals surface area contributed by atoms with Crippen LogP contribution < -0.4 is 5.73 Å². The molecule has 2 unspecified atom stereocenters. The van der Waals surface area contributed by atoms with E-state index in [4.69, 9.17) is 5.73 Å². The van der Waals surface area contributed by atoms with Crippen molar-refractivity contribution in [2.75, 3.05) is 13.6 Å². The lowest BCUT2D eigenvalue weighted by molar-refractivity contribution is -0.114. The van der Waals surface area contributed by atoms with Gasteiger partial charge in [0.15, 0.2) is 5.78 Å². The van der Waals surface area contributed by atoms with Crippen LogP contribution in [-0.2, 0) is 11.2 Å². The van der Waals surface area contributed by atoms with Gasteiger partial charge in [0.2, 0.25) is 0 Å². The van der Waals surface area contributed by atoms with Gasteiger partial charge in [-0.3, -0.25) is 4.79 Å². The molecule has 0 bridgehead atoms. The summed E-state index contributed by atoms with van der Waals surface area (Å²) in [4.78, 5) is 17.6. The van der Waals surface area contributed by atoms with E-state index in [2.05, 4.69) is 41.3 Å². The van der Waals surface area contributed by atoms with Crippen molar-refractivity contribution in [3.8, 4) is 0 Å². The summed E-state index contributed by atoms with van der Waals surface area (Å²) in [7, 11) is 2.24. The predicted molar refractivity (Wildman–Crippen MR) is 99.6 cm³/mol. The molecule has 130 valence electrons. The predicted octanol–water partition coefficient (Wildman–Crippen LogP) is 2.74. The molecule has 5 rings (SSSR count). The molecule has 1 aromatic heterocycles. The number of carbonyl (C=O) groups is 1. The molecule has 0 amide bonds. The summed E-state index contributed by atoms with van der Waals surface area (Å²) in [5.74, 6) is 1.19. The number of ketones is 1. The van der Waals surface area contributed by atoms with E-state index in [1.165, 1.54) is 27.6 Å². The Morgan fingerprint density at radius 2 is 2.20 bits per heavy atom. The first-order chi connectivity index (χ1) is 12.1. The Labute approximate surface area is 148 Å². The molecule has 1 fully saturated rings. The lowest BCUT2D eigenvalue weighted by atomic mass is 9.70. The van der Waals surface area contributed by atoms with E-state index in [0.29, 0.717) is 24.3 Å². The number of benzene rings is 1. The largest absolute Gasteiger partial charge is 0.361 e. The summed E-state index contributed by atoms with van der Waals surface area (Å²) in [6.45, 7) is 1.02. The number of allylic oxidation sites excluding steroid dienone is 1. The second-order valence-electron chi connectivity index (χ2n) is 8.11. The van der Waals surface area contributed by atoms with Crippen LogP contribution in [0.5, 0.6) is 0 Å². The third kappa shape index (κ3) is 2.31. The summed E-state index contributed by atoms with van der Waals surface area (Å²) >= 11 is 0. The Bertz CT molecular complexity index is 880. The molecule has 2 aliphatic carbocycles. The Balaban J connectivity index is 1.50. The van der Waals surface area contributed by atoms with Crippen LogP contribution in [0.3, 0.4) is 0 Å². The molecule has 4 nitrogen and oxygen atoms in total. The van der Waals surface area contributed by atoms with E-state index in [1.807, 2.05) is 6.08 Å². The van der Waals surface area contributed by atoms with E-state index in [0.717, 1.165) is 25.8 Å². The minimum Gasteiger partial charge on any atom is -0.361 e. The Kier molecular flexibility index (Phi) is 3.41. The Morgan fingerprint density at radius 3 is 3.00 bits per heavy atom. The average Bonchev–Trinajstić information content (AvgIpc) is 3.23. The summed E-state index contributed by atoms with van der Waals surface area (Å²) < 4.78 is 0. The minimum absolute atomic E-state index is 0.0154. The van der Waals surface area contributed by atoms with E-state index < -0.39 is 0 Å². The molecule has 2 aromatic rings. The number of fused-ring (bicyclic) bond motifs is 2. The molecule has 3 aliphatic rings. The van der Waals surface area contributed by atoms with E-state index >= 15 is 0 Å². The van der Waals surface area contributed by atoms with Crippen LogP contribution >= 0.6 is 0 Å². The molecule has 2 heterocycles. The number of hydrogen-bond donors (Lipinski definition) is 2. The van der Waals surface area contributed by atoms with Crippen molar-refractivity contribution in [2.24, 2.45) is 11.7 Å². The summed E-state index contributed by atoms with van der Waals surface area (Å²) in [5.41, 5.74) is 12.0. The zero-order valence-electron chi connectivity index (χ0n) is 14.7. The van der Waals surface area contributed by atoms with Crippen molar-refractivity contribution in [1.82, 2.24) is 9.88 Å². The highest BCUT2D eigenvalue weighted by Crippen LogP contribution is 2.45. The molecule has 1 aromatic carbocycles. The molecule has 4 atom stereocenters. The molecule has 4 heteroatoms. The minimum atomic E-state index is 0.0154.